The van der Waals surface area contributed by atoms with Crippen molar-refractivity contribution in [3.63, 3.8) is 0 Å². The number of nitrogens with zero attached hydrogens (tertiary/aromatic N) is 1. The van der Waals surface area contributed by atoms with Gasteiger partial charge >= 0.3 is 5.97 Å². The largest absolute Gasteiger partial charge is 0.478 e. The Morgan fingerprint density at radius 1 is 1.33 bits per heavy atom. The lowest BCUT2D eigenvalue weighted by Gasteiger charge is -2.10. The molecule has 2 rings (SSSR count). The average molecular weight is 389 g/mol. The topological polar surface area (TPSA) is 96.4 Å². The molecule has 1 aromatic carbocycles. The van der Waals surface area contributed by atoms with Crippen LogP contribution in [-0.4, -0.2) is 31.0 Å². The smallest absolute Gasteiger partial charge is 0.337 e. The molecule has 1 aromatic heterocycles. The van der Waals surface area contributed by atoms with Crippen LogP contribution in [0.25, 0.3) is 0 Å². The molecule has 2 N–H and O–H groups in total. The summed E-state index contributed by atoms with van der Waals surface area (Å²) in [5.74, 6) is -1.27. The van der Waals surface area contributed by atoms with E-state index in [0.29, 0.717) is 12.0 Å². The van der Waals surface area contributed by atoms with Gasteiger partial charge in [-0.1, -0.05) is 11.6 Å². The van der Waals surface area contributed by atoms with Gasteiger partial charge in [0.25, 0.3) is 0 Å². The number of carboxylic acid groups (broad SMARTS) is 1. The zero-order valence-electron chi connectivity index (χ0n) is 13.4. The Bertz CT molecular complexity index is 891. The molecule has 9 heteroatoms. The van der Waals surface area contributed by atoms with Crippen LogP contribution in [0.3, 0.4) is 0 Å². The van der Waals surface area contributed by atoms with Gasteiger partial charge in [0, 0.05) is 11.4 Å². The van der Waals surface area contributed by atoms with Gasteiger partial charge in [-0.15, -0.1) is 11.3 Å². The maximum Gasteiger partial charge on any atom is 0.337 e. The van der Waals surface area contributed by atoms with Crippen LogP contribution < -0.4 is 4.72 Å². The summed E-state index contributed by atoms with van der Waals surface area (Å²) < 4.78 is 27.3. The van der Waals surface area contributed by atoms with Crippen molar-refractivity contribution < 1.29 is 18.3 Å². The summed E-state index contributed by atoms with van der Waals surface area (Å²) in [6.45, 7) is 5.55. The van der Waals surface area contributed by atoms with Crippen LogP contribution in [0.15, 0.2) is 17.0 Å². The summed E-state index contributed by atoms with van der Waals surface area (Å²) in [6.07, 6.45) is 0.523. The number of hydrogen-bond acceptors (Lipinski definition) is 5. The van der Waals surface area contributed by atoms with Crippen LogP contribution in [0, 0.1) is 20.8 Å². The molecule has 6 nitrogen and oxygen atoms in total. The van der Waals surface area contributed by atoms with Crippen molar-refractivity contribution in [2.75, 3.05) is 6.54 Å². The van der Waals surface area contributed by atoms with Crippen molar-refractivity contribution in [1.29, 1.82) is 0 Å². The zero-order chi connectivity index (χ0) is 18.1. The van der Waals surface area contributed by atoms with E-state index in [2.05, 4.69) is 9.71 Å². The fraction of sp³-hybridized carbons (Fsp3) is 0.333. The first-order valence-electron chi connectivity index (χ1n) is 7.08. The van der Waals surface area contributed by atoms with Gasteiger partial charge in [0.05, 0.1) is 26.2 Å². The van der Waals surface area contributed by atoms with Gasteiger partial charge in [0.15, 0.2) is 0 Å². The Morgan fingerprint density at radius 2 is 2.00 bits per heavy atom. The monoisotopic (exact) mass is 388 g/mol. The third-order valence-corrected chi connectivity index (χ3v) is 6.49. The quantitative estimate of drug-likeness (QED) is 0.793. The summed E-state index contributed by atoms with van der Waals surface area (Å²) in [7, 11) is -3.82. The van der Waals surface area contributed by atoms with Gasteiger partial charge in [-0.3, -0.25) is 0 Å². The number of thiazole rings is 1. The van der Waals surface area contributed by atoms with Gasteiger partial charge in [-0.25, -0.2) is 22.9 Å². The number of aryl methyl sites for hydroxylation is 3. The highest BCUT2D eigenvalue weighted by Gasteiger charge is 2.20. The Balaban J connectivity index is 2.18. The Hall–Kier alpha value is -1.48. The van der Waals surface area contributed by atoms with E-state index in [1.54, 1.807) is 6.92 Å². The number of nitrogens with one attached hydrogen (secondary N) is 1. The van der Waals surface area contributed by atoms with E-state index < -0.39 is 16.0 Å². The molecule has 1 heterocycles. The molecule has 0 saturated heterocycles. The zero-order valence-corrected chi connectivity index (χ0v) is 15.8. The minimum Gasteiger partial charge on any atom is -0.478 e. The molecule has 0 saturated carbocycles. The summed E-state index contributed by atoms with van der Waals surface area (Å²) in [6, 6.07) is 2.43. The molecular formula is C15H17ClN2O4S2. The molecule has 0 fully saturated rings. The van der Waals surface area contributed by atoms with Crippen LogP contribution in [-0.2, 0) is 16.4 Å². The molecule has 24 heavy (non-hydrogen) atoms. The minimum absolute atomic E-state index is 0.0391. The summed E-state index contributed by atoms with van der Waals surface area (Å²) in [5, 5.41) is 10.1. The van der Waals surface area contributed by atoms with Crippen molar-refractivity contribution in [1.82, 2.24) is 9.71 Å². The number of aromatic nitrogens is 1. The standard InChI is InChI=1S/C15H17ClN2O4S2/c1-8-6-11(7-12(14(8)16)15(19)20)24(21,22)17-5-4-13-9(2)18-10(3)23-13/h6-7,17H,4-5H2,1-3H3,(H,19,20). The normalized spacial score (nSPS) is 11.7. The van der Waals surface area contributed by atoms with E-state index in [4.69, 9.17) is 16.7 Å². The lowest BCUT2D eigenvalue weighted by Crippen LogP contribution is -2.26. The Morgan fingerprint density at radius 3 is 2.54 bits per heavy atom. The number of benzene rings is 1. The number of hydrogen-bond donors (Lipinski definition) is 2. The highest BCUT2D eigenvalue weighted by atomic mass is 35.5. The van der Waals surface area contributed by atoms with Crippen molar-refractivity contribution in [3.8, 4) is 0 Å². The summed E-state index contributed by atoms with van der Waals surface area (Å²) >= 11 is 7.44. The van der Waals surface area contributed by atoms with Gasteiger partial charge in [-0.05, 0) is 44.9 Å². The molecule has 0 bridgehead atoms. The first kappa shape index (κ1) is 18.9. The molecule has 2 aromatic rings. The van der Waals surface area contributed by atoms with Crippen molar-refractivity contribution in [2.45, 2.75) is 32.1 Å². The number of halogens is 1. The minimum atomic E-state index is -3.82. The summed E-state index contributed by atoms with van der Waals surface area (Å²) in [5.41, 5.74) is 1.06. The first-order valence-corrected chi connectivity index (χ1v) is 9.75. The molecule has 0 spiro atoms. The van der Waals surface area contributed by atoms with E-state index in [9.17, 15) is 13.2 Å². The maximum atomic E-state index is 12.4. The van der Waals surface area contributed by atoms with Crippen molar-refractivity contribution in [3.05, 3.63) is 43.9 Å². The summed E-state index contributed by atoms with van der Waals surface area (Å²) in [4.78, 5) is 16.4. The van der Waals surface area contributed by atoms with E-state index in [0.717, 1.165) is 21.6 Å². The van der Waals surface area contributed by atoms with Gasteiger partial charge in [0.1, 0.15) is 0 Å². The van der Waals surface area contributed by atoms with E-state index in [-0.39, 0.29) is 22.0 Å². The predicted octanol–water partition coefficient (Wildman–Crippen LogP) is 2.94. The van der Waals surface area contributed by atoms with Gasteiger partial charge in [0.2, 0.25) is 10.0 Å². The van der Waals surface area contributed by atoms with Crippen molar-refractivity contribution >= 4 is 38.9 Å². The second kappa shape index (κ2) is 7.18. The molecule has 0 aliphatic carbocycles. The third-order valence-electron chi connectivity index (χ3n) is 3.41. The number of sulfonamides is 1. The molecule has 0 radical (unpaired) electrons. The lowest BCUT2D eigenvalue weighted by molar-refractivity contribution is 0.0696. The number of rotatable bonds is 6. The predicted molar refractivity (Wildman–Crippen MR) is 93.6 cm³/mol. The van der Waals surface area contributed by atoms with E-state index in [1.165, 1.54) is 17.4 Å². The second-order valence-electron chi connectivity index (χ2n) is 5.30. The fourth-order valence-electron chi connectivity index (χ4n) is 2.23. The highest BCUT2D eigenvalue weighted by Crippen LogP contribution is 2.25. The molecule has 0 aliphatic rings. The van der Waals surface area contributed by atoms with Gasteiger partial charge in [-0.2, -0.15) is 0 Å². The molecular weight excluding hydrogens is 372 g/mol. The lowest BCUT2D eigenvalue weighted by atomic mass is 10.1. The second-order valence-corrected chi connectivity index (χ2v) is 8.73. The average Bonchev–Trinajstić information content (AvgIpc) is 2.79. The Kier molecular flexibility index (Phi) is 5.64. The number of aromatic carboxylic acids is 1. The van der Waals surface area contributed by atoms with Gasteiger partial charge < -0.3 is 5.11 Å². The molecule has 130 valence electrons. The van der Waals surface area contributed by atoms with Crippen LogP contribution in [0.2, 0.25) is 5.02 Å². The van der Waals surface area contributed by atoms with Crippen molar-refractivity contribution in [2.24, 2.45) is 0 Å². The van der Waals surface area contributed by atoms with E-state index in [1.807, 2.05) is 13.8 Å². The highest BCUT2D eigenvalue weighted by molar-refractivity contribution is 7.89. The van der Waals surface area contributed by atoms with E-state index >= 15 is 0 Å². The Labute approximate surface area is 149 Å². The third kappa shape index (κ3) is 4.13. The fourth-order valence-corrected chi connectivity index (χ4v) is 4.50. The van der Waals surface area contributed by atoms with Crippen LogP contribution in [0.4, 0.5) is 0 Å². The first-order chi connectivity index (χ1) is 11.1. The number of carbonyl (C=O) groups is 1. The van der Waals surface area contributed by atoms with Crippen LogP contribution >= 0.6 is 22.9 Å². The number of carboxylic acids is 1. The molecule has 0 unspecified atom stereocenters. The maximum absolute atomic E-state index is 12.4. The molecule has 0 atom stereocenters. The molecule has 0 aliphatic heterocycles. The van der Waals surface area contributed by atoms with Crippen LogP contribution in [0.5, 0.6) is 0 Å². The van der Waals surface area contributed by atoms with Crippen LogP contribution in [0.1, 0.15) is 31.5 Å². The molecule has 0 amide bonds. The SMILES string of the molecule is Cc1nc(C)c(CCNS(=O)(=O)c2cc(C)c(Cl)c(C(=O)O)c2)s1.